The van der Waals surface area contributed by atoms with Crippen LogP contribution in [-0.4, -0.2) is 19.2 Å². The van der Waals surface area contributed by atoms with Gasteiger partial charge in [0.1, 0.15) is 11.9 Å². The summed E-state index contributed by atoms with van der Waals surface area (Å²) in [5.41, 5.74) is 2.44. The van der Waals surface area contributed by atoms with E-state index >= 15 is 0 Å². The third-order valence-electron chi connectivity index (χ3n) is 4.71. The van der Waals surface area contributed by atoms with Crippen LogP contribution in [0.15, 0.2) is 12.1 Å². The van der Waals surface area contributed by atoms with Gasteiger partial charge in [0.05, 0.1) is 0 Å². The van der Waals surface area contributed by atoms with Crippen LogP contribution in [-0.2, 0) is 0 Å². The highest BCUT2D eigenvalue weighted by molar-refractivity contribution is 6.31. The van der Waals surface area contributed by atoms with E-state index in [2.05, 4.69) is 46.0 Å². The Labute approximate surface area is 127 Å². The molecule has 2 rings (SSSR count). The van der Waals surface area contributed by atoms with Crippen LogP contribution in [0.25, 0.3) is 0 Å². The van der Waals surface area contributed by atoms with Crippen LogP contribution in [0.3, 0.4) is 0 Å². The fraction of sp³-hybridized carbons (Fsp3) is 0.647. The minimum absolute atomic E-state index is 0.165. The Hall–Kier alpha value is -0.730. The summed E-state index contributed by atoms with van der Waals surface area (Å²) in [5.74, 6) is 1.38. The first-order valence-corrected chi connectivity index (χ1v) is 7.79. The summed E-state index contributed by atoms with van der Waals surface area (Å²) >= 11 is 6.32. The summed E-state index contributed by atoms with van der Waals surface area (Å²) in [5, 5.41) is 4.20. The van der Waals surface area contributed by atoms with Crippen molar-refractivity contribution in [3.63, 3.8) is 0 Å². The van der Waals surface area contributed by atoms with E-state index in [1.165, 1.54) is 0 Å². The lowest BCUT2D eigenvalue weighted by molar-refractivity contribution is -0.0524. The van der Waals surface area contributed by atoms with Crippen molar-refractivity contribution in [2.24, 2.45) is 5.41 Å². The second kappa shape index (κ2) is 5.57. The molecule has 1 saturated carbocycles. The van der Waals surface area contributed by atoms with Gasteiger partial charge in [0.2, 0.25) is 0 Å². The van der Waals surface area contributed by atoms with Gasteiger partial charge in [-0.05, 0) is 43.1 Å². The lowest BCUT2D eigenvalue weighted by Gasteiger charge is -2.51. The lowest BCUT2D eigenvalue weighted by Crippen LogP contribution is -2.61. The largest absolute Gasteiger partial charge is 0.489 e. The maximum atomic E-state index is 6.32. The first-order chi connectivity index (χ1) is 9.27. The average Bonchev–Trinajstić information content (AvgIpc) is 2.35. The third kappa shape index (κ3) is 2.68. The molecule has 2 atom stereocenters. The maximum Gasteiger partial charge on any atom is 0.123 e. The van der Waals surface area contributed by atoms with E-state index in [0.29, 0.717) is 12.0 Å². The Balaban J connectivity index is 2.21. The van der Waals surface area contributed by atoms with Crippen molar-refractivity contribution in [1.29, 1.82) is 0 Å². The molecule has 0 radical (unpaired) electrons. The van der Waals surface area contributed by atoms with Gasteiger partial charge in [-0.1, -0.05) is 39.3 Å². The molecule has 0 aliphatic heterocycles. The predicted octanol–water partition coefficient (Wildman–Crippen LogP) is 4.54. The molecule has 1 N–H and O–H groups in total. The highest BCUT2D eigenvalue weighted by Gasteiger charge is 2.49. The zero-order valence-corrected chi connectivity index (χ0v) is 14.1. The molecular weight excluding hydrogens is 270 g/mol. The monoisotopic (exact) mass is 295 g/mol. The quantitative estimate of drug-likeness (QED) is 0.881. The van der Waals surface area contributed by atoms with E-state index in [9.17, 15) is 0 Å². The molecule has 2 nitrogen and oxygen atoms in total. The molecule has 1 aliphatic carbocycles. The van der Waals surface area contributed by atoms with Gasteiger partial charge in [-0.15, -0.1) is 0 Å². The molecule has 1 aromatic carbocycles. The summed E-state index contributed by atoms with van der Waals surface area (Å²) in [6, 6.07) is 4.67. The summed E-state index contributed by atoms with van der Waals surface area (Å²) < 4.78 is 6.28. The van der Waals surface area contributed by atoms with E-state index in [-0.39, 0.29) is 11.5 Å². The van der Waals surface area contributed by atoms with Crippen molar-refractivity contribution >= 4 is 11.6 Å². The molecule has 112 valence electrons. The number of halogens is 1. The second-order valence-electron chi connectivity index (χ2n) is 6.80. The average molecular weight is 296 g/mol. The van der Waals surface area contributed by atoms with Gasteiger partial charge >= 0.3 is 0 Å². The fourth-order valence-corrected chi connectivity index (χ4v) is 3.40. The van der Waals surface area contributed by atoms with Crippen molar-refractivity contribution in [1.82, 2.24) is 5.32 Å². The Morgan fingerprint density at radius 1 is 1.35 bits per heavy atom. The molecule has 0 bridgehead atoms. The molecule has 20 heavy (non-hydrogen) atoms. The highest BCUT2D eigenvalue weighted by Crippen LogP contribution is 2.44. The molecule has 0 heterocycles. The Bertz CT molecular complexity index is 496. The van der Waals surface area contributed by atoms with Gasteiger partial charge in [0, 0.05) is 22.9 Å². The first-order valence-electron chi connectivity index (χ1n) is 7.41. The standard InChI is InChI=1S/C17H26ClNO/c1-10(2)12-8-14(11(3)7-13(12)18)20-16-9-15(19-6)17(16,4)5/h7-8,10,15-16,19H,9H2,1-6H3. The van der Waals surface area contributed by atoms with Gasteiger partial charge in [-0.2, -0.15) is 0 Å². The van der Waals surface area contributed by atoms with Gasteiger partial charge in [-0.25, -0.2) is 0 Å². The molecule has 1 fully saturated rings. The molecule has 1 aromatic rings. The smallest absolute Gasteiger partial charge is 0.123 e. The van der Waals surface area contributed by atoms with E-state index < -0.39 is 0 Å². The van der Waals surface area contributed by atoms with Gasteiger partial charge in [-0.3, -0.25) is 0 Å². The van der Waals surface area contributed by atoms with Crippen LogP contribution in [0.5, 0.6) is 5.75 Å². The van der Waals surface area contributed by atoms with Crippen LogP contribution in [0.4, 0.5) is 0 Å². The summed E-state index contributed by atoms with van der Waals surface area (Å²) in [7, 11) is 2.02. The molecule has 0 spiro atoms. The molecule has 0 amide bonds. The van der Waals surface area contributed by atoms with Crippen molar-refractivity contribution in [2.45, 2.75) is 59.1 Å². The normalized spacial score (nSPS) is 24.6. The van der Waals surface area contributed by atoms with Gasteiger partial charge in [0.25, 0.3) is 0 Å². The molecular formula is C17H26ClNO. The maximum absolute atomic E-state index is 6.32. The summed E-state index contributed by atoms with van der Waals surface area (Å²) in [6.45, 7) is 10.9. The fourth-order valence-electron chi connectivity index (χ4n) is 2.97. The van der Waals surface area contributed by atoms with Crippen LogP contribution in [0.1, 0.15) is 51.2 Å². The summed E-state index contributed by atoms with van der Waals surface area (Å²) in [4.78, 5) is 0. The minimum atomic E-state index is 0.165. The number of hydrogen-bond donors (Lipinski definition) is 1. The third-order valence-corrected chi connectivity index (χ3v) is 5.04. The first kappa shape index (κ1) is 15.7. The number of rotatable bonds is 4. The van der Waals surface area contributed by atoms with Crippen LogP contribution in [0, 0.1) is 12.3 Å². The van der Waals surface area contributed by atoms with E-state index in [0.717, 1.165) is 28.3 Å². The molecule has 0 saturated heterocycles. The SMILES string of the molecule is CNC1CC(Oc2cc(C(C)C)c(Cl)cc2C)C1(C)C. The predicted molar refractivity (Wildman–Crippen MR) is 85.9 cm³/mol. The van der Waals surface area contributed by atoms with Gasteiger partial charge < -0.3 is 10.1 Å². The van der Waals surface area contributed by atoms with E-state index in [4.69, 9.17) is 16.3 Å². The number of benzene rings is 1. The topological polar surface area (TPSA) is 21.3 Å². The zero-order chi connectivity index (χ0) is 15.1. The second-order valence-corrected chi connectivity index (χ2v) is 7.21. The molecule has 2 unspecified atom stereocenters. The van der Waals surface area contributed by atoms with Crippen LogP contribution in [0.2, 0.25) is 5.02 Å². The van der Waals surface area contributed by atoms with Crippen molar-refractivity contribution in [2.75, 3.05) is 7.05 Å². The van der Waals surface area contributed by atoms with Crippen molar-refractivity contribution < 1.29 is 4.74 Å². The van der Waals surface area contributed by atoms with Crippen molar-refractivity contribution in [3.05, 3.63) is 28.3 Å². The van der Waals surface area contributed by atoms with E-state index in [1.54, 1.807) is 0 Å². The van der Waals surface area contributed by atoms with E-state index in [1.807, 2.05) is 13.1 Å². The van der Waals surface area contributed by atoms with Crippen LogP contribution < -0.4 is 10.1 Å². The van der Waals surface area contributed by atoms with Crippen molar-refractivity contribution in [3.8, 4) is 5.75 Å². The van der Waals surface area contributed by atoms with Crippen LogP contribution >= 0.6 is 11.6 Å². The molecule has 1 aliphatic rings. The number of hydrogen-bond acceptors (Lipinski definition) is 2. The Kier molecular flexibility index (Phi) is 4.36. The minimum Gasteiger partial charge on any atom is -0.489 e. The summed E-state index contributed by atoms with van der Waals surface area (Å²) in [6.07, 6.45) is 1.32. The Morgan fingerprint density at radius 3 is 2.50 bits per heavy atom. The molecule has 0 aromatic heterocycles. The number of aryl methyl sites for hydroxylation is 1. The molecule has 3 heteroatoms. The zero-order valence-electron chi connectivity index (χ0n) is 13.4. The Morgan fingerprint density at radius 2 is 2.00 bits per heavy atom. The highest BCUT2D eigenvalue weighted by atomic mass is 35.5. The lowest BCUT2D eigenvalue weighted by atomic mass is 9.64. The van der Waals surface area contributed by atoms with Gasteiger partial charge in [0.15, 0.2) is 0 Å². The number of nitrogens with one attached hydrogen (secondary N) is 1. The number of ether oxygens (including phenoxy) is 1.